The van der Waals surface area contributed by atoms with Crippen molar-refractivity contribution in [2.45, 2.75) is 4.90 Å². The predicted molar refractivity (Wildman–Crippen MR) is 77.8 cm³/mol. The minimum absolute atomic E-state index is 0.0363. The Morgan fingerprint density at radius 1 is 1.24 bits per heavy atom. The number of sulfonamides is 1. The average molecular weight is 326 g/mol. The van der Waals surface area contributed by atoms with E-state index in [0.29, 0.717) is 0 Å². The van der Waals surface area contributed by atoms with Gasteiger partial charge in [-0.25, -0.2) is 12.8 Å². The molecule has 0 saturated carbocycles. The molecule has 0 atom stereocenters. The minimum Gasteiger partial charge on any atom is -0.399 e. The number of nitrogens with zero attached hydrogens (tertiary/aromatic N) is 1. The Morgan fingerprint density at radius 2 is 1.95 bits per heavy atom. The Morgan fingerprint density at radius 3 is 2.57 bits per heavy atom. The van der Waals surface area contributed by atoms with Gasteiger partial charge in [-0.05, 0) is 36.4 Å². The SMILES string of the molecule is N#Cc1ccc(NS(=O)(=O)c2cc(N)ccc2Cl)c(F)c1. The van der Waals surface area contributed by atoms with Gasteiger partial charge in [0, 0.05) is 5.69 Å². The van der Waals surface area contributed by atoms with E-state index in [1.54, 1.807) is 6.07 Å². The highest BCUT2D eigenvalue weighted by atomic mass is 35.5. The van der Waals surface area contributed by atoms with Crippen LogP contribution in [0, 0.1) is 17.1 Å². The number of benzene rings is 2. The largest absolute Gasteiger partial charge is 0.399 e. The average Bonchev–Trinajstić information content (AvgIpc) is 2.43. The van der Waals surface area contributed by atoms with Gasteiger partial charge in [0.2, 0.25) is 0 Å². The maximum Gasteiger partial charge on any atom is 0.263 e. The first-order valence-corrected chi connectivity index (χ1v) is 7.47. The first-order chi connectivity index (χ1) is 9.83. The van der Waals surface area contributed by atoms with Crippen LogP contribution in [0.4, 0.5) is 15.8 Å². The number of rotatable bonds is 3. The van der Waals surface area contributed by atoms with E-state index in [2.05, 4.69) is 4.72 Å². The van der Waals surface area contributed by atoms with Gasteiger partial charge in [0.25, 0.3) is 10.0 Å². The summed E-state index contributed by atoms with van der Waals surface area (Å²) in [5.74, 6) is -0.863. The summed E-state index contributed by atoms with van der Waals surface area (Å²) in [6.45, 7) is 0. The molecule has 0 bridgehead atoms. The van der Waals surface area contributed by atoms with Crippen LogP contribution < -0.4 is 10.5 Å². The van der Waals surface area contributed by atoms with Gasteiger partial charge >= 0.3 is 0 Å². The van der Waals surface area contributed by atoms with Crippen LogP contribution in [0.1, 0.15) is 5.56 Å². The number of anilines is 2. The second-order valence-electron chi connectivity index (χ2n) is 4.10. The number of halogens is 2. The summed E-state index contributed by atoms with van der Waals surface area (Å²) in [5.41, 5.74) is 5.53. The van der Waals surface area contributed by atoms with E-state index in [1.807, 2.05) is 0 Å². The molecular formula is C13H9ClFN3O2S. The van der Waals surface area contributed by atoms with Gasteiger partial charge in [-0.3, -0.25) is 4.72 Å². The van der Waals surface area contributed by atoms with E-state index in [0.717, 1.165) is 12.1 Å². The minimum atomic E-state index is -4.09. The molecule has 0 aliphatic heterocycles. The summed E-state index contributed by atoms with van der Waals surface area (Å²) in [6, 6.07) is 9.09. The van der Waals surface area contributed by atoms with Crippen LogP contribution in [-0.4, -0.2) is 8.42 Å². The maximum absolute atomic E-state index is 13.7. The molecule has 0 aliphatic carbocycles. The molecule has 8 heteroatoms. The smallest absolute Gasteiger partial charge is 0.263 e. The molecule has 0 radical (unpaired) electrons. The van der Waals surface area contributed by atoms with Gasteiger partial charge in [0.1, 0.15) is 10.7 Å². The number of nitriles is 1. The number of hydrogen-bond donors (Lipinski definition) is 2. The number of nitrogen functional groups attached to an aromatic ring is 1. The van der Waals surface area contributed by atoms with Crippen molar-refractivity contribution < 1.29 is 12.8 Å². The monoisotopic (exact) mass is 325 g/mol. The zero-order valence-electron chi connectivity index (χ0n) is 10.5. The number of nitrogens with one attached hydrogen (secondary N) is 1. The van der Waals surface area contributed by atoms with Crippen LogP contribution in [0.3, 0.4) is 0 Å². The molecule has 0 heterocycles. The molecule has 2 rings (SSSR count). The summed E-state index contributed by atoms with van der Waals surface area (Å²) in [4.78, 5) is -0.257. The Labute approximate surface area is 125 Å². The van der Waals surface area contributed by atoms with Crippen molar-refractivity contribution in [2.24, 2.45) is 0 Å². The fourth-order valence-electron chi connectivity index (χ4n) is 1.59. The molecule has 21 heavy (non-hydrogen) atoms. The first kappa shape index (κ1) is 15.1. The Bertz CT molecular complexity index is 847. The lowest BCUT2D eigenvalue weighted by Gasteiger charge is -2.11. The normalized spacial score (nSPS) is 10.9. The van der Waals surface area contributed by atoms with Crippen LogP contribution >= 0.6 is 11.6 Å². The summed E-state index contributed by atoms with van der Waals surface area (Å²) in [6.07, 6.45) is 0. The lowest BCUT2D eigenvalue weighted by Crippen LogP contribution is -2.15. The Kier molecular flexibility index (Phi) is 4.02. The molecule has 2 aromatic rings. The summed E-state index contributed by atoms with van der Waals surface area (Å²) in [5, 5.41) is 8.61. The van der Waals surface area contributed by atoms with Crippen molar-refractivity contribution in [3.63, 3.8) is 0 Å². The quantitative estimate of drug-likeness (QED) is 0.848. The van der Waals surface area contributed by atoms with Gasteiger partial charge in [0.15, 0.2) is 0 Å². The Balaban J connectivity index is 2.43. The zero-order chi connectivity index (χ0) is 15.6. The molecule has 0 saturated heterocycles. The van der Waals surface area contributed by atoms with Crippen molar-refractivity contribution >= 4 is 33.0 Å². The van der Waals surface area contributed by atoms with Gasteiger partial charge in [-0.1, -0.05) is 11.6 Å². The highest BCUT2D eigenvalue weighted by Crippen LogP contribution is 2.26. The molecule has 2 aromatic carbocycles. The second-order valence-corrected chi connectivity index (χ2v) is 6.16. The van der Waals surface area contributed by atoms with E-state index in [1.165, 1.54) is 24.3 Å². The van der Waals surface area contributed by atoms with Crippen molar-refractivity contribution in [3.8, 4) is 6.07 Å². The predicted octanol–water partition coefficient (Wildman–Crippen LogP) is 2.73. The van der Waals surface area contributed by atoms with Gasteiger partial charge < -0.3 is 5.73 Å². The van der Waals surface area contributed by atoms with Crippen molar-refractivity contribution in [1.29, 1.82) is 5.26 Å². The highest BCUT2D eigenvalue weighted by molar-refractivity contribution is 7.92. The summed E-state index contributed by atoms with van der Waals surface area (Å²) in [7, 11) is -4.09. The van der Waals surface area contributed by atoms with Crippen molar-refractivity contribution in [3.05, 3.63) is 52.8 Å². The molecule has 0 aromatic heterocycles. The van der Waals surface area contributed by atoms with E-state index in [4.69, 9.17) is 22.6 Å². The van der Waals surface area contributed by atoms with Crippen molar-refractivity contribution in [1.82, 2.24) is 0 Å². The van der Waals surface area contributed by atoms with E-state index in [9.17, 15) is 12.8 Å². The molecule has 108 valence electrons. The molecular weight excluding hydrogens is 317 g/mol. The first-order valence-electron chi connectivity index (χ1n) is 5.61. The third-order valence-corrected chi connectivity index (χ3v) is 4.43. The van der Waals surface area contributed by atoms with Crippen LogP contribution in [0.2, 0.25) is 5.02 Å². The molecule has 5 nitrogen and oxygen atoms in total. The number of nitrogens with two attached hydrogens (primary N) is 1. The molecule has 0 amide bonds. The highest BCUT2D eigenvalue weighted by Gasteiger charge is 2.20. The van der Waals surface area contributed by atoms with Gasteiger partial charge in [-0.2, -0.15) is 5.26 Å². The topological polar surface area (TPSA) is 96.0 Å². The number of hydrogen-bond acceptors (Lipinski definition) is 4. The lowest BCUT2D eigenvalue weighted by atomic mass is 10.2. The summed E-state index contributed by atoms with van der Waals surface area (Å²) < 4.78 is 40.2. The van der Waals surface area contributed by atoms with E-state index in [-0.39, 0.29) is 26.9 Å². The molecule has 0 fully saturated rings. The second kappa shape index (κ2) is 5.60. The van der Waals surface area contributed by atoms with Crippen LogP contribution in [0.15, 0.2) is 41.3 Å². The van der Waals surface area contributed by atoms with E-state index < -0.39 is 15.8 Å². The van der Waals surface area contributed by atoms with Crippen LogP contribution in [0.5, 0.6) is 0 Å². The molecule has 0 aliphatic rings. The molecule has 0 spiro atoms. The molecule has 3 N–H and O–H groups in total. The fourth-order valence-corrected chi connectivity index (χ4v) is 3.20. The third-order valence-electron chi connectivity index (χ3n) is 2.59. The molecule has 0 unspecified atom stereocenters. The van der Waals surface area contributed by atoms with Crippen LogP contribution in [0.25, 0.3) is 0 Å². The standard InChI is InChI=1S/C13H9ClFN3O2S/c14-10-3-2-9(17)6-13(10)21(19,20)18-12-4-1-8(7-16)5-11(12)15/h1-6,18H,17H2. The Hall–Kier alpha value is -2.30. The third kappa shape index (κ3) is 3.24. The van der Waals surface area contributed by atoms with E-state index >= 15 is 0 Å². The maximum atomic E-state index is 13.7. The lowest BCUT2D eigenvalue weighted by molar-refractivity contribution is 0.598. The zero-order valence-corrected chi connectivity index (χ0v) is 12.0. The van der Waals surface area contributed by atoms with Crippen molar-refractivity contribution in [2.75, 3.05) is 10.5 Å². The van der Waals surface area contributed by atoms with Crippen LogP contribution in [-0.2, 0) is 10.0 Å². The fraction of sp³-hybridized carbons (Fsp3) is 0. The van der Waals surface area contributed by atoms with Gasteiger partial charge in [-0.15, -0.1) is 0 Å². The summed E-state index contributed by atoms with van der Waals surface area (Å²) >= 11 is 5.82. The van der Waals surface area contributed by atoms with Gasteiger partial charge in [0.05, 0.1) is 22.3 Å².